The van der Waals surface area contributed by atoms with Crippen molar-refractivity contribution in [1.82, 2.24) is 4.90 Å². The van der Waals surface area contributed by atoms with Crippen LogP contribution in [0.4, 0.5) is 0 Å². The molecule has 1 aromatic carbocycles. The van der Waals surface area contributed by atoms with Crippen molar-refractivity contribution >= 4 is 0 Å². The van der Waals surface area contributed by atoms with Crippen LogP contribution in [0.5, 0.6) is 0 Å². The highest BCUT2D eigenvalue weighted by atomic mass is 16.5. The highest BCUT2D eigenvalue weighted by Gasteiger charge is 2.31. The Morgan fingerprint density at radius 3 is 2.65 bits per heavy atom. The molecule has 1 aliphatic heterocycles. The molecule has 1 fully saturated rings. The van der Waals surface area contributed by atoms with Crippen molar-refractivity contribution < 1.29 is 9.84 Å². The van der Waals surface area contributed by atoms with Crippen molar-refractivity contribution in [2.45, 2.75) is 18.7 Å². The van der Waals surface area contributed by atoms with E-state index in [1.54, 1.807) is 0 Å². The fraction of sp³-hybridized carbons (Fsp3) is 0.538. The Labute approximate surface area is 102 Å². The molecule has 0 spiro atoms. The van der Waals surface area contributed by atoms with Crippen LogP contribution in [0.2, 0.25) is 0 Å². The van der Waals surface area contributed by atoms with Gasteiger partial charge in [0.25, 0.3) is 0 Å². The summed E-state index contributed by atoms with van der Waals surface area (Å²) < 4.78 is 5.30. The smallest absolute Gasteiger partial charge is 0.0950 e. The van der Waals surface area contributed by atoms with Crippen LogP contribution in [-0.2, 0) is 11.3 Å². The fourth-order valence-electron chi connectivity index (χ4n) is 2.23. The van der Waals surface area contributed by atoms with Gasteiger partial charge in [0.1, 0.15) is 0 Å². The van der Waals surface area contributed by atoms with Crippen LogP contribution in [-0.4, -0.2) is 48.5 Å². The Kier molecular flexibility index (Phi) is 4.50. The third-order valence-corrected chi connectivity index (χ3v) is 3.14. The number of nitrogens with two attached hydrogens (primary N) is 1. The largest absolute Gasteiger partial charge is 0.389 e. The van der Waals surface area contributed by atoms with E-state index < -0.39 is 6.10 Å². The molecule has 0 amide bonds. The second-order valence-electron chi connectivity index (χ2n) is 4.42. The number of hydrogen-bond acceptors (Lipinski definition) is 4. The lowest BCUT2D eigenvalue weighted by atomic mass is 10.1. The van der Waals surface area contributed by atoms with Gasteiger partial charge in [-0.25, -0.2) is 0 Å². The molecule has 17 heavy (non-hydrogen) atoms. The minimum absolute atomic E-state index is 0.0683. The SMILES string of the molecule is NCCN(Cc1ccccc1)C1COCC1O. The highest BCUT2D eigenvalue weighted by Crippen LogP contribution is 2.16. The molecule has 4 nitrogen and oxygen atoms in total. The summed E-state index contributed by atoms with van der Waals surface area (Å²) in [6.45, 7) is 3.20. The fourth-order valence-corrected chi connectivity index (χ4v) is 2.23. The number of ether oxygens (including phenoxy) is 1. The molecular formula is C13H20N2O2. The van der Waals surface area contributed by atoms with Crippen molar-refractivity contribution in [2.24, 2.45) is 5.73 Å². The van der Waals surface area contributed by atoms with Gasteiger partial charge in [0.15, 0.2) is 0 Å². The van der Waals surface area contributed by atoms with Gasteiger partial charge in [-0.3, -0.25) is 4.90 Å². The molecule has 2 atom stereocenters. The molecule has 0 bridgehead atoms. The van der Waals surface area contributed by atoms with E-state index in [0.717, 1.165) is 13.1 Å². The number of hydrogen-bond donors (Lipinski definition) is 2. The summed E-state index contributed by atoms with van der Waals surface area (Å²) in [5.74, 6) is 0. The summed E-state index contributed by atoms with van der Waals surface area (Å²) in [4.78, 5) is 2.20. The maximum Gasteiger partial charge on any atom is 0.0950 e. The monoisotopic (exact) mass is 236 g/mol. The average Bonchev–Trinajstić information content (AvgIpc) is 2.76. The lowest BCUT2D eigenvalue weighted by molar-refractivity contribution is 0.0793. The Bertz CT molecular complexity index is 331. The molecule has 2 rings (SSSR count). The van der Waals surface area contributed by atoms with Crippen LogP contribution >= 0.6 is 0 Å². The molecule has 1 aromatic rings. The van der Waals surface area contributed by atoms with Crippen LogP contribution in [0.3, 0.4) is 0 Å². The van der Waals surface area contributed by atoms with Gasteiger partial charge in [0.2, 0.25) is 0 Å². The highest BCUT2D eigenvalue weighted by molar-refractivity contribution is 5.14. The van der Waals surface area contributed by atoms with Gasteiger partial charge in [-0.15, -0.1) is 0 Å². The summed E-state index contributed by atoms with van der Waals surface area (Å²) in [7, 11) is 0. The number of rotatable bonds is 5. The van der Waals surface area contributed by atoms with E-state index in [4.69, 9.17) is 10.5 Å². The first-order valence-corrected chi connectivity index (χ1v) is 6.05. The molecule has 94 valence electrons. The quantitative estimate of drug-likeness (QED) is 0.767. The number of aliphatic hydroxyl groups excluding tert-OH is 1. The van der Waals surface area contributed by atoms with E-state index in [9.17, 15) is 5.11 Å². The topological polar surface area (TPSA) is 58.7 Å². The molecule has 0 aliphatic carbocycles. The zero-order chi connectivity index (χ0) is 12.1. The first kappa shape index (κ1) is 12.5. The number of aliphatic hydroxyl groups is 1. The Morgan fingerprint density at radius 2 is 2.06 bits per heavy atom. The Hall–Kier alpha value is -0.940. The molecule has 4 heteroatoms. The van der Waals surface area contributed by atoms with Crippen LogP contribution in [0.1, 0.15) is 5.56 Å². The first-order valence-electron chi connectivity index (χ1n) is 6.05. The van der Waals surface area contributed by atoms with E-state index in [2.05, 4.69) is 17.0 Å². The zero-order valence-electron chi connectivity index (χ0n) is 9.96. The van der Waals surface area contributed by atoms with Crippen LogP contribution in [0, 0.1) is 0 Å². The van der Waals surface area contributed by atoms with Gasteiger partial charge in [0, 0.05) is 19.6 Å². The summed E-state index contributed by atoms with van der Waals surface area (Å²) in [5, 5.41) is 9.86. The molecule has 1 aliphatic rings. The third-order valence-electron chi connectivity index (χ3n) is 3.14. The minimum atomic E-state index is -0.398. The van der Waals surface area contributed by atoms with Crippen molar-refractivity contribution in [3.63, 3.8) is 0 Å². The summed E-state index contributed by atoms with van der Waals surface area (Å²) in [6, 6.07) is 10.3. The van der Waals surface area contributed by atoms with E-state index in [0.29, 0.717) is 19.8 Å². The Morgan fingerprint density at radius 1 is 1.29 bits per heavy atom. The van der Waals surface area contributed by atoms with Gasteiger partial charge in [0.05, 0.1) is 25.4 Å². The molecule has 2 unspecified atom stereocenters. The lowest BCUT2D eigenvalue weighted by Crippen LogP contribution is -2.44. The number of benzene rings is 1. The standard InChI is InChI=1S/C13H20N2O2/c14-6-7-15(12-9-17-10-13(12)16)8-11-4-2-1-3-5-11/h1-5,12-13,16H,6-10,14H2. The van der Waals surface area contributed by atoms with Gasteiger partial charge in [-0.1, -0.05) is 30.3 Å². The third kappa shape index (κ3) is 3.26. The molecule has 0 aromatic heterocycles. The van der Waals surface area contributed by atoms with Crippen LogP contribution in [0.25, 0.3) is 0 Å². The predicted molar refractivity (Wildman–Crippen MR) is 66.5 cm³/mol. The summed E-state index contributed by atoms with van der Waals surface area (Å²) >= 11 is 0. The minimum Gasteiger partial charge on any atom is -0.389 e. The van der Waals surface area contributed by atoms with Crippen molar-refractivity contribution in [2.75, 3.05) is 26.3 Å². The summed E-state index contributed by atoms with van der Waals surface area (Å²) in [6.07, 6.45) is -0.398. The molecular weight excluding hydrogens is 216 g/mol. The van der Waals surface area contributed by atoms with Gasteiger partial charge < -0.3 is 15.6 Å². The molecule has 1 heterocycles. The second kappa shape index (κ2) is 6.12. The van der Waals surface area contributed by atoms with Gasteiger partial charge in [-0.05, 0) is 5.56 Å². The van der Waals surface area contributed by atoms with Crippen molar-refractivity contribution in [1.29, 1.82) is 0 Å². The van der Waals surface area contributed by atoms with E-state index in [1.807, 2.05) is 18.2 Å². The molecule has 0 saturated carbocycles. The predicted octanol–water partition coefficient (Wildman–Crippen LogP) is 0.207. The van der Waals surface area contributed by atoms with Gasteiger partial charge in [-0.2, -0.15) is 0 Å². The maximum absolute atomic E-state index is 9.86. The maximum atomic E-state index is 9.86. The van der Waals surface area contributed by atoms with Crippen LogP contribution < -0.4 is 5.73 Å². The molecule has 3 N–H and O–H groups in total. The number of nitrogens with zero attached hydrogens (tertiary/aromatic N) is 1. The second-order valence-corrected chi connectivity index (χ2v) is 4.42. The lowest BCUT2D eigenvalue weighted by Gasteiger charge is -2.29. The molecule has 1 saturated heterocycles. The molecule has 0 radical (unpaired) electrons. The zero-order valence-corrected chi connectivity index (χ0v) is 9.96. The van der Waals surface area contributed by atoms with Crippen molar-refractivity contribution in [3.05, 3.63) is 35.9 Å². The van der Waals surface area contributed by atoms with E-state index >= 15 is 0 Å². The average molecular weight is 236 g/mol. The first-order chi connectivity index (χ1) is 8.31. The normalized spacial score (nSPS) is 24.4. The van der Waals surface area contributed by atoms with Crippen LogP contribution in [0.15, 0.2) is 30.3 Å². The van der Waals surface area contributed by atoms with Gasteiger partial charge >= 0.3 is 0 Å². The van der Waals surface area contributed by atoms with E-state index in [-0.39, 0.29) is 6.04 Å². The van der Waals surface area contributed by atoms with E-state index in [1.165, 1.54) is 5.56 Å². The summed E-state index contributed by atoms with van der Waals surface area (Å²) in [5.41, 5.74) is 6.87. The van der Waals surface area contributed by atoms with Crippen molar-refractivity contribution in [3.8, 4) is 0 Å². The Balaban J connectivity index is 2.02.